The molecule has 0 fully saturated rings. The molecule has 0 saturated carbocycles. The average Bonchev–Trinajstić information content (AvgIpc) is 2.98. The van der Waals surface area contributed by atoms with Crippen LogP contribution in [0.4, 0.5) is 14.5 Å². The van der Waals surface area contributed by atoms with E-state index in [2.05, 4.69) is 5.32 Å². The molecule has 0 aliphatic rings. The summed E-state index contributed by atoms with van der Waals surface area (Å²) in [6.45, 7) is 0. The van der Waals surface area contributed by atoms with Gasteiger partial charge in [-0.25, -0.2) is 0 Å². The summed E-state index contributed by atoms with van der Waals surface area (Å²) >= 11 is 0.465. The van der Waals surface area contributed by atoms with Crippen LogP contribution in [0.15, 0.2) is 58.0 Å². The average molecular weight is 363 g/mol. The predicted octanol–water partition coefficient (Wildman–Crippen LogP) is 4.94. The highest BCUT2D eigenvalue weighted by Gasteiger charge is 2.12. The number of nitrogens with one attached hydrogen (secondary N) is 1. The molecular formula is C18H15F2NO3S. The molecule has 2 aromatic carbocycles. The topological polar surface area (TPSA) is 51.5 Å². The first-order valence-electron chi connectivity index (χ1n) is 7.44. The molecule has 3 rings (SSSR count). The fourth-order valence-electron chi connectivity index (χ4n) is 2.43. The van der Waals surface area contributed by atoms with E-state index in [9.17, 15) is 13.6 Å². The maximum absolute atomic E-state index is 12.3. The molecule has 130 valence electrons. The van der Waals surface area contributed by atoms with E-state index in [4.69, 9.17) is 9.15 Å². The van der Waals surface area contributed by atoms with Crippen LogP contribution >= 0.6 is 11.8 Å². The van der Waals surface area contributed by atoms with E-state index in [0.29, 0.717) is 33.7 Å². The van der Waals surface area contributed by atoms with E-state index < -0.39 is 5.76 Å². The Morgan fingerprint density at radius 3 is 2.68 bits per heavy atom. The summed E-state index contributed by atoms with van der Waals surface area (Å²) in [5, 5.41) is 3.59. The van der Waals surface area contributed by atoms with Crippen molar-refractivity contribution < 1.29 is 22.7 Å². The van der Waals surface area contributed by atoms with E-state index in [1.807, 2.05) is 6.07 Å². The number of thioether (sulfide) groups is 1. The van der Waals surface area contributed by atoms with Gasteiger partial charge in [-0.3, -0.25) is 4.79 Å². The van der Waals surface area contributed by atoms with Crippen LogP contribution in [0.1, 0.15) is 5.56 Å². The van der Waals surface area contributed by atoms with Crippen LogP contribution in [0.2, 0.25) is 0 Å². The monoisotopic (exact) mass is 363 g/mol. The summed E-state index contributed by atoms with van der Waals surface area (Å²) in [6.07, 6.45) is 1.69. The number of carbonyl (C=O) groups excluding carboxylic acids is 1. The molecule has 1 N–H and O–H groups in total. The third-order valence-corrected chi connectivity index (χ3v) is 4.30. The number of methoxy groups -OCH3 is 1. The molecule has 0 aliphatic carbocycles. The van der Waals surface area contributed by atoms with Crippen LogP contribution in [-0.4, -0.2) is 18.8 Å². The number of amides is 1. The van der Waals surface area contributed by atoms with Gasteiger partial charge in [0.2, 0.25) is 5.91 Å². The number of hydrogen-bond donors (Lipinski definition) is 1. The van der Waals surface area contributed by atoms with Gasteiger partial charge in [0.1, 0.15) is 11.3 Å². The second-order valence-corrected chi connectivity index (χ2v) is 6.31. The van der Waals surface area contributed by atoms with Crippen molar-refractivity contribution >= 4 is 34.3 Å². The first kappa shape index (κ1) is 17.3. The van der Waals surface area contributed by atoms with Gasteiger partial charge in [0.15, 0.2) is 0 Å². The minimum absolute atomic E-state index is 0.146. The summed E-state index contributed by atoms with van der Waals surface area (Å²) in [5.41, 5.74) is 1.97. The molecule has 0 bridgehead atoms. The molecule has 1 heterocycles. The Labute approximate surface area is 147 Å². The number of halogens is 2. The Bertz CT molecular complexity index is 878. The molecule has 1 aromatic heterocycles. The predicted molar refractivity (Wildman–Crippen MR) is 93.4 cm³/mol. The van der Waals surface area contributed by atoms with E-state index in [1.54, 1.807) is 49.8 Å². The highest BCUT2D eigenvalue weighted by Crippen LogP contribution is 2.27. The van der Waals surface area contributed by atoms with Crippen molar-refractivity contribution in [3.8, 4) is 5.75 Å². The summed E-state index contributed by atoms with van der Waals surface area (Å²) in [6, 6.07) is 11.7. The van der Waals surface area contributed by atoms with Crippen LogP contribution < -0.4 is 10.1 Å². The Morgan fingerprint density at radius 2 is 2.00 bits per heavy atom. The lowest BCUT2D eigenvalue weighted by molar-refractivity contribution is -0.115. The van der Waals surface area contributed by atoms with Gasteiger partial charge in [-0.1, -0.05) is 11.8 Å². The largest absolute Gasteiger partial charge is 0.497 e. The minimum Gasteiger partial charge on any atom is -0.497 e. The van der Waals surface area contributed by atoms with Crippen molar-refractivity contribution in [1.82, 2.24) is 0 Å². The van der Waals surface area contributed by atoms with Crippen molar-refractivity contribution in [2.45, 2.75) is 17.1 Å². The molecule has 3 aromatic rings. The van der Waals surface area contributed by atoms with Gasteiger partial charge in [-0.15, -0.1) is 0 Å². The lowest BCUT2D eigenvalue weighted by atomic mass is 10.1. The number of fused-ring (bicyclic) bond motifs is 1. The normalized spacial score (nSPS) is 11.0. The zero-order valence-corrected chi connectivity index (χ0v) is 14.1. The van der Waals surface area contributed by atoms with Crippen molar-refractivity contribution in [2.75, 3.05) is 12.4 Å². The number of carbonyl (C=O) groups is 1. The van der Waals surface area contributed by atoms with Crippen molar-refractivity contribution in [1.29, 1.82) is 0 Å². The quantitative estimate of drug-likeness (QED) is 0.631. The Hall–Kier alpha value is -2.54. The van der Waals surface area contributed by atoms with E-state index in [1.165, 1.54) is 0 Å². The fraction of sp³-hybridized carbons (Fsp3) is 0.167. The third-order valence-electron chi connectivity index (χ3n) is 3.58. The van der Waals surface area contributed by atoms with Gasteiger partial charge in [0.05, 0.1) is 19.8 Å². The Kier molecular flexibility index (Phi) is 5.23. The number of rotatable bonds is 6. The van der Waals surface area contributed by atoms with Gasteiger partial charge in [0, 0.05) is 27.6 Å². The molecule has 0 saturated heterocycles. The second kappa shape index (κ2) is 7.57. The molecule has 0 spiro atoms. The lowest BCUT2D eigenvalue weighted by Gasteiger charge is -2.06. The zero-order chi connectivity index (χ0) is 17.8. The first-order chi connectivity index (χ1) is 12.0. The molecule has 0 atom stereocenters. The number of benzene rings is 2. The Balaban J connectivity index is 1.66. The fourth-order valence-corrected chi connectivity index (χ4v) is 2.92. The van der Waals surface area contributed by atoms with Gasteiger partial charge in [0.25, 0.3) is 5.76 Å². The molecule has 0 unspecified atom stereocenters. The third kappa shape index (κ3) is 4.30. The highest BCUT2D eigenvalue weighted by atomic mass is 32.2. The second-order valence-electron chi connectivity index (χ2n) is 5.25. The van der Waals surface area contributed by atoms with Crippen LogP contribution in [0, 0.1) is 0 Å². The molecule has 25 heavy (non-hydrogen) atoms. The summed E-state index contributed by atoms with van der Waals surface area (Å²) in [7, 11) is 1.57. The highest BCUT2D eigenvalue weighted by molar-refractivity contribution is 7.99. The van der Waals surface area contributed by atoms with Gasteiger partial charge < -0.3 is 14.5 Å². The SMILES string of the molecule is COc1ccc2c(CC(=O)Nc3ccc(SC(F)F)cc3)coc2c1. The van der Waals surface area contributed by atoms with E-state index in [-0.39, 0.29) is 12.3 Å². The maximum atomic E-state index is 12.3. The first-order valence-corrected chi connectivity index (χ1v) is 8.32. The van der Waals surface area contributed by atoms with Crippen molar-refractivity contribution in [3.05, 3.63) is 54.3 Å². The summed E-state index contributed by atoms with van der Waals surface area (Å²) in [5.74, 6) is -2.00. The minimum atomic E-state index is -2.46. The Morgan fingerprint density at radius 1 is 1.24 bits per heavy atom. The van der Waals surface area contributed by atoms with E-state index >= 15 is 0 Å². The molecule has 0 aliphatic heterocycles. The molecular weight excluding hydrogens is 348 g/mol. The molecule has 7 heteroatoms. The number of anilines is 1. The van der Waals surface area contributed by atoms with Crippen LogP contribution in [-0.2, 0) is 11.2 Å². The van der Waals surface area contributed by atoms with Crippen LogP contribution in [0.3, 0.4) is 0 Å². The van der Waals surface area contributed by atoms with Crippen molar-refractivity contribution in [3.63, 3.8) is 0 Å². The van der Waals surface area contributed by atoms with Gasteiger partial charge in [-0.05, 0) is 36.4 Å². The number of furan rings is 1. The van der Waals surface area contributed by atoms with Crippen LogP contribution in [0.25, 0.3) is 11.0 Å². The molecule has 0 radical (unpaired) electrons. The number of hydrogen-bond acceptors (Lipinski definition) is 4. The smallest absolute Gasteiger partial charge is 0.288 e. The lowest BCUT2D eigenvalue weighted by Crippen LogP contribution is -2.14. The molecule has 1 amide bonds. The number of ether oxygens (including phenoxy) is 1. The molecule has 4 nitrogen and oxygen atoms in total. The summed E-state index contributed by atoms with van der Waals surface area (Å²) < 4.78 is 35.2. The zero-order valence-electron chi connectivity index (χ0n) is 13.3. The van der Waals surface area contributed by atoms with Gasteiger partial charge >= 0.3 is 0 Å². The maximum Gasteiger partial charge on any atom is 0.288 e. The summed E-state index contributed by atoms with van der Waals surface area (Å²) in [4.78, 5) is 12.7. The van der Waals surface area contributed by atoms with E-state index in [0.717, 1.165) is 10.9 Å². The number of alkyl halides is 2. The van der Waals surface area contributed by atoms with Crippen molar-refractivity contribution in [2.24, 2.45) is 0 Å². The standard InChI is InChI=1S/C18H15F2NO3S/c1-23-13-4-7-15-11(10-24-16(15)9-13)8-17(22)21-12-2-5-14(6-3-12)25-18(19)20/h2-7,9-10,18H,8H2,1H3,(H,21,22). The van der Waals surface area contributed by atoms with Gasteiger partial charge in [-0.2, -0.15) is 8.78 Å². The van der Waals surface area contributed by atoms with Crippen LogP contribution in [0.5, 0.6) is 5.75 Å².